The highest BCUT2D eigenvalue weighted by Crippen LogP contribution is 2.13. The molecule has 1 saturated heterocycles. The lowest BCUT2D eigenvalue weighted by atomic mass is 10.1. The molecule has 0 atom stereocenters. The molecular formula is C26H34N6. The molecular weight excluding hydrogens is 396 g/mol. The average molecular weight is 431 g/mol. The first kappa shape index (κ1) is 22.1. The standard InChI is InChI=1S/C26H34N6/c1-27-26(30-19-25-28-14-17-32(25)21-23-8-4-2-5-9-23)29-18-22-10-12-24(13-11-22)20-31-15-6-3-7-16-31/h2,4-5,8-14,17H,3,6-7,15-16,18-21H2,1H3,(H2,27,29,30). The van der Waals surface area contributed by atoms with E-state index in [4.69, 9.17) is 0 Å². The predicted molar refractivity (Wildman–Crippen MR) is 130 cm³/mol. The molecule has 0 amide bonds. The van der Waals surface area contributed by atoms with Crippen molar-refractivity contribution in [1.82, 2.24) is 25.1 Å². The number of likely N-dealkylation sites (tertiary alicyclic amines) is 1. The second kappa shape index (κ2) is 11.5. The zero-order valence-corrected chi connectivity index (χ0v) is 19.0. The van der Waals surface area contributed by atoms with Gasteiger partial charge in [0, 0.05) is 39.1 Å². The fourth-order valence-electron chi connectivity index (χ4n) is 4.14. The van der Waals surface area contributed by atoms with Crippen molar-refractivity contribution in [2.45, 2.75) is 45.4 Å². The molecule has 32 heavy (non-hydrogen) atoms. The lowest BCUT2D eigenvalue weighted by Gasteiger charge is -2.26. The van der Waals surface area contributed by atoms with E-state index in [9.17, 15) is 0 Å². The molecule has 6 nitrogen and oxygen atoms in total. The van der Waals surface area contributed by atoms with Crippen LogP contribution in [-0.2, 0) is 26.2 Å². The van der Waals surface area contributed by atoms with Crippen LogP contribution in [-0.4, -0.2) is 40.5 Å². The van der Waals surface area contributed by atoms with Crippen molar-refractivity contribution in [2.75, 3.05) is 20.1 Å². The van der Waals surface area contributed by atoms with E-state index in [1.165, 1.54) is 49.0 Å². The highest BCUT2D eigenvalue weighted by molar-refractivity contribution is 5.79. The lowest BCUT2D eigenvalue weighted by Crippen LogP contribution is -2.37. The maximum absolute atomic E-state index is 4.51. The van der Waals surface area contributed by atoms with E-state index in [0.29, 0.717) is 6.54 Å². The number of benzene rings is 2. The third kappa shape index (κ3) is 6.44. The van der Waals surface area contributed by atoms with Crippen LogP contribution in [0.1, 0.15) is 41.8 Å². The van der Waals surface area contributed by atoms with E-state index < -0.39 is 0 Å². The van der Waals surface area contributed by atoms with E-state index in [1.54, 1.807) is 7.05 Å². The first-order chi connectivity index (χ1) is 15.8. The van der Waals surface area contributed by atoms with E-state index in [-0.39, 0.29) is 0 Å². The Morgan fingerprint density at radius 3 is 2.28 bits per heavy atom. The minimum Gasteiger partial charge on any atom is -0.352 e. The van der Waals surface area contributed by atoms with Gasteiger partial charge in [-0.15, -0.1) is 0 Å². The number of nitrogens with one attached hydrogen (secondary N) is 2. The molecule has 2 aromatic carbocycles. The molecule has 0 radical (unpaired) electrons. The van der Waals surface area contributed by atoms with E-state index >= 15 is 0 Å². The molecule has 1 aliphatic rings. The summed E-state index contributed by atoms with van der Waals surface area (Å²) >= 11 is 0. The normalized spacial score (nSPS) is 15.0. The minimum absolute atomic E-state index is 0.619. The smallest absolute Gasteiger partial charge is 0.191 e. The summed E-state index contributed by atoms with van der Waals surface area (Å²) in [5, 5.41) is 6.79. The van der Waals surface area contributed by atoms with Crippen LogP contribution < -0.4 is 10.6 Å². The van der Waals surface area contributed by atoms with Gasteiger partial charge in [0.2, 0.25) is 0 Å². The topological polar surface area (TPSA) is 57.5 Å². The molecule has 2 N–H and O–H groups in total. The van der Waals surface area contributed by atoms with Crippen LogP contribution in [0.25, 0.3) is 0 Å². The van der Waals surface area contributed by atoms with E-state index in [1.807, 2.05) is 18.5 Å². The van der Waals surface area contributed by atoms with Gasteiger partial charge < -0.3 is 15.2 Å². The SMILES string of the molecule is CN=C(NCc1ccc(CN2CCCCC2)cc1)NCc1nccn1Cc1ccccc1. The van der Waals surface area contributed by atoms with Gasteiger partial charge in [-0.1, -0.05) is 61.0 Å². The molecule has 0 saturated carbocycles. The molecule has 3 aromatic rings. The maximum atomic E-state index is 4.51. The molecule has 0 unspecified atom stereocenters. The fraction of sp³-hybridized carbons (Fsp3) is 0.385. The summed E-state index contributed by atoms with van der Waals surface area (Å²) in [7, 11) is 1.80. The Morgan fingerprint density at radius 1 is 0.844 bits per heavy atom. The van der Waals surface area contributed by atoms with E-state index in [2.05, 4.69) is 78.6 Å². The Bertz CT molecular complexity index is 971. The Labute approximate surface area is 191 Å². The van der Waals surface area contributed by atoms with Crippen LogP contribution in [0.3, 0.4) is 0 Å². The van der Waals surface area contributed by atoms with Crippen LogP contribution in [0.5, 0.6) is 0 Å². The molecule has 0 spiro atoms. The molecule has 2 heterocycles. The average Bonchev–Trinajstić information content (AvgIpc) is 3.28. The van der Waals surface area contributed by atoms with Gasteiger partial charge in [-0.3, -0.25) is 9.89 Å². The summed E-state index contributed by atoms with van der Waals surface area (Å²) in [5.41, 5.74) is 3.90. The van der Waals surface area contributed by atoms with Crippen molar-refractivity contribution in [3.8, 4) is 0 Å². The van der Waals surface area contributed by atoms with Gasteiger partial charge in [0.15, 0.2) is 5.96 Å². The predicted octanol–water partition coefficient (Wildman–Crippen LogP) is 3.78. The summed E-state index contributed by atoms with van der Waals surface area (Å²) < 4.78 is 2.16. The van der Waals surface area contributed by atoms with Gasteiger partial charge in [0.1, 0.15) is 5.82 Å². The Morgan fingerprint density at radius 2 is 1.53 bits per heavy atom. The summed E-state index contributed by atoms with van der Waals surface area (Å²) in [5.74, 6) is 1.76. The largest absolute Gasteiger partial charge is 0.352 e. The lowest BCUT2D eigenvalue weighted by molar-refractivity contribution is 0.221. The number of imidazole rings is 1. The third-order valence-electron chi connectivity index (χ3n) is 5.97. The first-order valence-corrected chi connectivity index (χ1v) is 11.6. The van der Waals surface area contributed by atoms with Crippen LogP contribution in [0.2, 0.25) is 0 Å². The molecule has 1 fully saturated rings. The quantitative estimate of drug-likeness (QED) is 0.422. The van der Waals surface area contributed by atoms with Crippen molar-refractivity contribution in [2.24, 2.45) is 4.99 Å². The van der Waals surface area contributed by atoms with Crippen LogP contribution in [0.4, 0.5) is 0 Å². The van der Waals surface area contributed by atoms with Crippen molar-refractivity contribution >= 4 is 5.96 Å². The maximum Gasteiger partial charge on any atom is 0.191 e. The summed E-state index contributed by atoms with van der Waals surface area (Å²) in [6.45, 7) is 5.69. The molecule has 4 rings (SSSR count). The van der Waals surface area contributed by atoms with Crippen molar-refractivity contribution in [3.05, 3.63) is 89.5 Å². The van der Waals surface area contributed by atoms with Gasteiger partial charge in [0.05, 0.1) is 6.54 Å². The van der Waals surface area contributed by atoms with Crippen molar-refractivity contribution < 1.29 is 0 Å². The van der Waals surface area contributed by atoms with Gasteiger partial charge in [-0.25, -0.2) is 4.98 Å². The highest BCUT2D eigenvalue weighted by atomic mass is 15.2. The zero-order valence-electron chi connectivity index (χ0n) is 19.0. The summed E-state index contributed by atoms with van der Waals surface area (Å²) in [6.07, 6.45) is 7.92. The Kier molecular flexibility index (Phi) is 7.93. The Hall–Kier alpha value is -3.12. The number of aromatic nitrogens is 2. The zero-order chi connectivity index (χ0) is 22.0. The number of nitrogens with zero attached hydrogens (tertiary/aromatic N) is 4. The number of hydrogen-bond acceptors (Lipinski definition) is 3. The van der Waals surface area contributed by atoms with Crippen LogP contribution in [0.15, 0.2) is 72.0 Å². The Balaban J connectivity index is 1.24. The van der Waals surface area contributed by atoms with Crippen molar-refractivity contribution in [1.29, 1.82) is 0 Å². The molecule has 168 valence electrons. The third-order valence-corrected chi connectivity index (χ3v) is 5.97. The van der Waals surface area contributed by atoms with E-state index in [0.717, 1.165) is 31.4 Å². The number of rotatable bonds is 8. The number of aliphatic imine (C=N–C) groups is 1. The fourth-order valence-corrected chi connectivity index (χ4v) is 4.14. The first-order valence-electron chi connectivity index (χ1n) is 11.6. The molecule has 6 heteroatoms. The second-order valence-corrected chi connectivity index (χ2v) is 8.39. The van der Waals surface area contributed by atoms with Gasteiger partial charge in [-0.05, 0) is 42.6 Å². The number of piperidine rings is 1. The molecule has 1 aromatic heterocycles. The van der Waals surface area contributed by atoms with Gasteiger partial charge in [0.25, 0.3) is 0 Å². The minimum atomic E-state index is 0.619. The second-order valence-electron chi connectivity index (χ2n) is 8.39. The summed E-state index contributed by atoms with van der Waals surface area (Å²) in [4.78, 5) is 11.4. The molecule has 0 aliphatic carbocycles. The molecule has 0 bridgehead atoms. The summed E-state index contributed by atoms with van der Waals surface area (Å²) in [6, 6.07) is 19.4. The van der Waals surface area contributed by atoms with Gasteiger partial charge in [-0.2, -0.15) is 0 Å². The van der Waals surface area contributed by atoms with Crippen molar-refractivity contribution in [3.63, 3.8) is 0 Å². The monoisotopic (exact) mass is 430 g/mol. The molecule has 1 aliphatic heterocycles. The highest BCUT2D eigenvalue weighted by Gasteiger charge is 2.10. The number of hydrogen-bond donors (Lipinski definition) is 2. The van der Waals surface area contributed by atoms with Crippen LogP contribution in [0, 0.1) is 0 Å². The number of guanidine groups is 1. The van der Waals surface area contributed by atoms with Crippen LogP contribution >= 0.6 is 0 Å². The van der Waals surface area contributed by atoms with Gasteiger partial charge >= 0.3 is 0 Å².